The number of thioether (sulfide) groups is 1. The molecule has 0 bridgehead atoms. The van der Waals surface area contributed by atoms with Crippen molar-refractivity contribution < 1.29 is 9.53 Å². The number of aromatic nitrogens is 3. The number of para-hydroxylation sites is 3. The molecule has 9 heteroatoms. The molecule has 0 saturated heterocycles. The topological polar surface area (TPSA) is 91.9 Å². The van der Waals surface area contributed by atoms with Crippen LogP contribution >= 0.6 is 23.1 Å². The van der Waals surface area contributed by atoms with E-state index in [4.69, 9.17) is 4.74 Å². The molecular formula is C22H23N5O2S2. The highest BCUT2D eigenvalue weighted by atomic mass is 32.2. The fourth-order valence-electron chi connectivity index (χ4n) is 3.14. The summed E-state index contributed by atoms with van der Waals surface area (Å²) in [6.07, 6.45) is 2.79. The van der Waals surface area contributed by atoms with E-state index in [-0.39, 0.29) is 5.91 Å². The molecular weight excluding hydrogens is 430 g/mol. The first-order valence-electron chi connectivity index (χ1n) is 10.00. The minimum absolute atomic E-state index is 0.0174. The number of carbonyl (C=O) groups excluding carboxylic acids is 1. The second-order valence-corrected chi connectivity index (χ2v) is 8.88. The zero-order valence-electron chi connectivity index (χ0n) is 17.1. The van der Waals surface area contributed by atoms with E-state index in [1.54, 1.807) is 0 Å². The normalized spacial score (nSPS) is 10.9. The van der Waals surface area contributed by atoms with Crippen LogP contribution in [0.1, 0.15) is 12.5 Å². The molecule has 0 aliphatic rings. The largest absolute Gasteiger partial charge is 0.492 e. The van der Waals surface area contributed by atoms with Crippen LogP contribution in [0.5, 0.6) is 5.75 Å². The van der Waals surface area contributed by atoms with Crippen LogP contribution in [0.3, 0.4) is 0 Å². The smallest absolute Gasteiger partial charge is 0.230 e. The number of amides is 1. The van der Waals surface area contributed by atoms with Crippen molar-refractivity contribution in [2.45, 2.75) is 17.7 Å². The molecule has 0 aliphatic heterocycles. The second kappa shape index (κ2) is 10.3. The number of H-pyrrole nitrogens is 1. The van der Waals surface area contributed by atoms with Gasteiger partial charge < -0.3 is 20.4 Å². The Morgan fingerprint density at radius 3 is 2.90 bits per heavy atom. The van der Waals surface area contributed by atoms with Crippen LogP contribution in [0.4, 0.5) is 10.8 Å². The molecule has 0 aliphatic carbocycles. The molecule has 3 N–H and O–H groups in total. The minimum Gasteiger partial charge on any atom is -0.492 e. The van der Waals surface area contributed by atoms with Crippen molar-refractivity contribution in [2.24, 2.45) is 0 Å². The number of hydrogen-bond acceptors (Lipinski definition) is 7. The molecule has 0 unspecified atom stereocenters. The van der Waals surface area contributed by atoms with E-state index in [9.17, 15) is 4.79 Å². The number of ether oxygens (including phenoxy) is 1. The fourth-order valence-corrected chi connectivity index (χ4v) is 4.73. The summed E-state index contributed by atoms with van der Waals surface area (Å²) in [5.74, 6) is 1.05. The van der Waals surface area contributed by atoms with Crippen LogP contribution in [0, 0.1) is 0 Å². The molecule has 4 aromatic rings. The Morgan fingerprint density at radius 1 is 1.16 bits per heavy atom. The first-order chi connectivity index (χ1) is 15.2. The van der Waals surface area contributed by atoms with Gasteiger partial charge in [-0.05, 0) is 37.1 Å². The van der Waals surface area contributed by atoms with Gasteiger partial charge in [-0.3, -0.25) is 4.79 Å². The number of anilines is 2. The van der Waals surface area contributed by atoms with Crippen LogP contribution in [0.2, 0.25) is 0 Å². The number of carbonyl (C=O) groups is 1. The zero-order chi connectivity index (χ0) is 21.5. The summed E-state index contributed by atoms with van der Waals surface area (Å²) in [4.78, 5) is 15.5. The Kier molecular flexibility index (Phi) is 7.06. The summed E-state index contributed by atoms with van der Waals surface area (Å²) in [5, 5.41) is 16.4. The number of rotatable bonds is 10. The molecule has 0 fully saturated rings. The van der Waals surface area contributed by atoms with Crippen LogP contribution in [0.15, 0.2) is 59.1 Å². The van der Waals surface area contributed by atoms with Crippen molar-refractivity contribution >= 4 is 50.7 Å². The first kappa shape index (κ1) is 21.2. The van der Waals surface area contributed by atoms with Crippen molar-refractivity contribution in [3.8, 4) is 5.75 Å². The highest BCUT2D eigenvalue weighted by Crippen LogP contribution is 2.31. The van der Waals surface area contributed by atoms with Crippen molar-refractivity contribution in [2.75, 3.05) is 24.2 Å². The lowest BCUT2D eigenvalue weighted by atomic mass is 10.1. The highest BCUT2D eigenvalue weighted by molar-refractivity contribution is 8.01. The highest BCUT2D eigenvalue weighted by Gasteiger charge is 2.10. The third kappa shape index (κ3) is 5.56. The molecule has 0 spiro atoms. The van der Waals surface area contributed by atoms with Crippen molar-refractivity contribution in [1.82, 2.24) is 20.5 Å². The lowest BCUT2D eigenvalue weighted by Gasteiger charge is -2.09. The van der Waals surface area contributed by atoms with E-state index in [1.807, 2.05) is 49.5 Å². The molecule has 0 saturated carbocycles. The predicted octanol–water partition coefficient (Wildman–Crippen LogP) is 4.61. The van der Waals surface area contributed by atoms with E-state index < -0.39 is 0 Å². The van der Waals surface area contributed by atoms with Gasteiger partial charge in [0.25, 0.3) is 0 Å². The van der Waals surface area contributed by atoms with Crippen LogP contribution in [-0.2, 0) is 11.2 Å². The number of benzene rings is 2. The summed E-state index contributed by atoms with van der Waals surface area (Å²) in [7, 11) is 0. The third-order valence-corrected chi connectivity index (χ3v) is 6.53. The summed E-state index contributed by atoms with van der Waals surface area (Å²) >= 11 is 2.79. The summed E-state index contributed by atoms with van der Waals surface area (Å²) in [5.41, 5.74) is 3.16. The Balaban J connectivity index is 1.23. The molecule has 1 amide bonds. The van der Waals surface area contributed by atoms with Crippen molar-refractivity contribution in [3.05, 3.63) is 60.3 Å². The fraction of sp³-hybridized carbons (Fsp3) is 0.227. The van der Waals surface area contributed by atoms with Crippen molar-refractivity contribution in [1.29, 1.82) is 0 Å². The average molecular weight is 454 g/mol. The third-order valence-electron chi connectivity index (χ3n) is 4.55. The van der Waals surface area contributed by atoms with Gasteiger partial charge in [0, 0.05) is 23.6 Å². The number of nitrogens with zero attached hydrogens (tertiary/aromatic N) is 2. The summed E-state index contributed by atoms with van der Waals surface area (Å²) in [6.45, 7) is 3.13. The van der Waals surface area contributed by atoms with Gasteiger partial charge >= 0.3 is 0 Å². The molecule has 2 heterocycles. The van der Waals surface area contributed by atoms with E-state index in [1.165, 1.54) is 34.0 Å². The number of hydrogen-bond donors (Lipinski definition) is 3. The van der Waals surface area contributed by atoms with Gasteiger partial charge in [0.15, 0.2) is 4.34 Å². The maximum atomic E-state index is 12.2. The number of aromatic amines is 1. The monoisotopic (exact) mass is 453 g/mol. The first-order valence-corrected chi connectivity index (χ1v) is 11.8. The van der Waals surface area contributed by atoms with Gasteiger partial charge in [0.05, 0.1) is 18.0 Å². The van der Waals surface area contributed by atoms with Gasteiger partial charge in [-0.2, -0.15) is 0 Å². The SMILES string of the molecule is CCOc1ccccc1Nc1nnc(SCC(=O)NCCc2c[nH]c3ccccc23)s1. The molecule has 2 aromatic heterocycles. The zero-order valence-corrected chi connectivity index (χ0v) is 18.7. The van der Waals surface area contributed by atoms with Crippen LogP contribution < -0.4 is 15.4 Å². The van der Waals surface area contributed by atoms with E-state index in [0.717, 1.165) is 27.7 Å². The summed E-state index contributed by atoms with van der Waals surface area (Å²) in [6, 6.07) is 15.9. The van der Waals surface area contributed by atoms with Gasteiger partial charge in [-0.25, -0.2) is 0 Å². The lowest BCUT2D eigenvalue weighted by molar-refractivity contribution is -0.118. The van der Waals surface area contributed by atoms with Gasteiger partial charge in [0.1, 0.15) is 5.75 Å². The maximum absolute atomic E-state index is 12.2. The second-order valence-electron chi connectivity index (χ2n) is 6.68. The Bertz CT molecular complexity index is 1160. The van der Waals surface area contributed by atoms with Crippen LogP contribution in [0.25, 0.3) is 10.9 Å². The average Bonchev–Trinajstić information content (AvgIpc) is 3.41. The van der Waals surface area contributed by atoms with Crippen LogP contribution in [-0.4, -0.2) is 40.0 Å². The Hall–Kier alpha value is -3.04. The molecule has 31 heavy (non-hydrogen) atoms. The number of nitrogens with one attached hydrogen (secondary N) is 3. The minimum atomic E-state index is -0.0174. The van der Waals surface area contributed by atoms with Crippen molar-refractivity contribution in [3.63, 3.8) is 0 Å². The van der Waals surface area contributed by atoms with Gasteiger partial charge in [0.2, 0.25) is 11.0 Å². The molecule has 7 nitrogen and oxygen atoms in total. The van der Waals surface area contributed by atoms with E-state index >= 15 is 0 Å². The lowest BCUT2D eigenvalue weighted by Crippen LogP contribution is -2.27. The van der Waals surface area contributed by atoms with Gasteiger partial charge in [-0.1, -0.05) is 53.4 Å². The van der Waals surface area contributed by atoms with Gasteiger partial charge in [-0.15, -0.1) is 10.2 Å². The Morgan fingerprint density at radius 2 is 2.00 bits per heavy atom. The maximum Gasteiger partial charge on any atom is 0.230 e. The molecule has 4 rings (SSSR count). The molecule has 2 aromatic carbocycles. The number of fused-ring (bicyclic) bond motifs is 1. The standard InChI is InChI=1S/C22H23N5O2S2/c1-2-29-19-10-6-5-9-18(19)25-21-26-27-22(31-21)30-14-20(28)23-12-11-15-13-24-17-8-4-3-7-16(15)17/h3-10,13,24H,2,11-12,14H2,1H3,(H,23,28)(H,25,26). The Labute approximate surface area is 188 Å². The predicted molar refractivity (Wildman–Crippen MR) is 127 cm³/mol. The molecule has 0 atom stereocenters. The van der Waals surface area contributed by atoms with E-state index in [2.05, 4.69) is 37.9 Å². The molecule has 0 radical (unpaired) electrons. The summed E-state index contributed by atoms with van der Waals surface area (Å²) < 4.78 is 6.36. The quantitative estimate of drug-likeness (QED) is 0.304. The van der Waals surface area contributed by atoms with E-state index in [0.29, 0.717) is 24.0 Å². The molecule has 160 valence electrons.